The van der Waals surface area contributed by atoms with Crippen LogP contribution in [0.2, 0.25) is 5.02 Å². The van der Waals surface area contributed by atoms with Crippen molar-refractivity contribution in [2.75, 3.05) is 6.54 Å². The SMILES string of the molecule is N#Cc1cc(F)c(Cl)cc1O[C@H](CCNC1CC1)c1ccsc1.O=C(O)C(=O)O. The number of carboxylic acid groups (broad SMARTS) is 2. The van der Waals surface area contributed by atoms with Crippen LogP contribution in [-0.4, -0.2) is 34.7 Å². The Balaban J connectivity index is 0.000000438. The second kappa shape index (κ2) is 10.8. The number of benzene rings is 1. The predicted octanol–water partition coefficient (Wildman–Crippen LogP) is 3.83. The molecule has 0 saturated heterocycles. The van der Waals surface area contributed by atoms with Gasteiger partial charge in [-0.3, -0.25) is 0 Å². The zero-order chi connectivity index (χ0) is 21.4. The van der Waals surface area contributed by atoms with Gasteiger partial charge in [0.1, 0.15) is 23.7 Å². The summed E-state index contributed by atoms with van der Waals surface area (Å²) in [5.41, 5.74) is 1.21. The first kappa shape index (κ1) is 22.6. The summed E-state index contributed by atoms with van der Waals surface area (Å²) in [4.78, 5) is 18.2. The van der Waals surface area contributed by atoms with Crippen LogP contribution < -0.4 is 10.1 Å². The van der Waals surface area contributed by atoms with Gasteiger partial charge in [0.25, 0.3) is 0 Å². The molecular weight excluding hydrogens is 423 g/mol. The minimum atomic E-state index is -1.82. The average molecular weight is 441 g/mol. The van der Waals surface area contributed by atoms with Crippen LogP contribution in [0.25, 0.3) is 0 Å². The van der Waals surface area contributed by atoms with Crippen molar-refractivity contribution in [2.45, 2.75) is 31.4 Å². The largest absolute Gasteiger partial charge is 0.484 e. The molecule has 1 fully saturated rings. The van der Waals surface area contributed by atoms with E-state index in [1.165, 1.54) is 18.9 Å². The molecule has 10 heteroatoms. The van der Waals surface area contributed by atoms with Crippen LogP contribution in [0.5, 0.6) is 5.75 Å². The van der Waals surface area contributed by atoms with Gasteiger partial charge in [0, 0.05) is 24.1 Å². The van der Waals surface area contributed by atoms with E-state index in [1.807, 2.05) is 22.9 Å². The highest BCUT2D eigenvalue weighted by Crippen LogP contribution is 2.32. The lowest BCUT2D eigenvalue weighted by molar-refractivity contribution is -0.159. The number of rotatable bonds is 7. The monoisotopic (exact) mass is 440 g/mol. The van der Waals surface area contributed by atoms with E-state index in [9.17, 15) is 9.65 Å². The van der Waals surface area contributed by atoms with Crippen molar-refractivity contribution in [2.24, 2.45) is 0 Å². The smallest absolute Gasteiger partial charge is 0.414 e. The average Bonchev–Trinajstić information content (AvgIpc) is 3.34. The van der Waals surface area contributed by atoms with Crippen LogP contribution in [0.3, 0.4) is 0 Å². The lowest BCUT2D eigenvalue weighted by Gasteiger charge is -2.20. The molecule has 0 radical (unpaired) electrons. The van der Waals surface area contributed by atoms with E-state index in [-0.39, 0.29) is 16.7 Å². The number of nitrogens with zero attached hydrogens (tertiary/aromatic N) is 1. The van der Waals surface area contributed by atoms with Crippen LogP contribution in [0.15, 0.2) is 29.0 Å². The zero-order valence-electron chi connectivity index (χ0n) is 15.1. The summed E-state index contributed by atoms with van der Waals surface area (Å²) < 4.78 is 19.5. The molecule has 1 aliphatic rings. The first-order chi connectivity index (χ1) is 13.8. The standard InChI is InChI=1S/C17H16ClFN2OS.C2H2O4/c18-14-8-17(12(9-20)7-15(14)19)22-16(11-4-6-23-10-11)3-5-21-13-1-2-13;3-1(4)2(5)6/h4,6-8,10,13,16,21H,1-3,5H2;(H,3,4)(H,5,6)/t16-;/m1./s1. The van der Waals surface area contributed by atoms with Gasteiger partial charge in [0.05, 0.1) is 10.6 Å². The molecule has 0 spiro atoms. The van der Waals surface area contributed by atoms with Crippen LogP contribution in [0, 0.1) is 17.1 Å². The van der Waals surface area contributed by atoms with Gasteiger partial charge >= 0.3 is 11.9 Å². The predicted molar refractivity (Wildman–Crippen MR) is 105 cm³/mol. The third-order valence-electron chi connectivity index (χ3n) is 3.93. The first-order valence-electron chi connectivity index (χ1n) is 8.59. The molecule has 7 nitrogen and oxygen atoms in total. The maximum Gasteiger partial charge on any atom is 0.414 e. The number of carbonyl (C=O) groups is 2. The van der Waals surface area contributed by atoms with Gasteiger partial charge in [0.15, 0.2) is 0 Å². The maximum absolute atomic E-state index is 13.5. The molecule has 0 aliphatic heterocycles. The van der Waals surface area contributed by atoms with E-state index in [4.69, 9.17) is 36.1 Å². The van der Waals surface area contributed by atoms with E-state index in [2.05, 4.69) is 5.32 Å². The van der Waals surface area contributed by atoms with Crippen molar-refractivity contribution in [3.63, 3.8) is 0 Å². The van der Waals surface area contributed by atoms with Crippen molar-refractivity contribution in [3.05, 3.63) is 50.9 Å². The Hall–Kier alpha value is -2.67. The highest BCUT2D eigenvalue weighted by Gasteiger charge is 2.22. The van der Waals surface area contributed by atoms with Crippen molar-refractivity contribution >= 4 is 34.9 Å². The van der Waals surface area contributed by atoms with Crippen molar-refractivity contribution < 1.29 is 28.9 Å². The molecule has 1 heterocycles. The molecular formula is C19H18ClFN2O5S. The fraction of sp³-hybridized carbons (Fsp3) is 0.316. The Kier molecular flexibility index (Phi) is 8.39. The molecule has 3 rings (SSSR count). The fourth-order valence-corrected chi connectivity index (χ4v) is 3.18. The number of halogens is 2. The third kappa shape index (κ3) is 7.34. The Morgan fingerprint density at radius 1 is 1.38 bits per heavy atom. The molecule has 1 atom stereocenters. The fourth-order valence-electron chi connectivity index (χ4n) is 2.32. The number of nitriles is 1. The lowest BCUT2D eigenvalue weighted by Crippen LogP contribution is -2.21. The lowest BCUT2D eigenvalue weighted by atomic mass is 10.1. The Labute approximate surface area is 175 Å². The van der Waals surface area contributed by atoms with Crippen LogP contribution in [0.4, 0.5) is 4.39 Å². The molecule has 1 saturated carbocycles. The number of hydrogen-bond donors (Lipinski definition) is 3. The van der Waals surface area contributed by atoms with Gasteiger partial charge in [-0.1, -0.05) is 11.6 Å². The maximum atomic E-state index is 13.5. The number of hydrogen-bond acceptors (Lipinski definition) is 6. The van der Waals surface area contributed by atoms with E-state index < -0.39 is 17.8 Å². The Morgan fingerprint density at radius 3 is 2.59 bits per heavy atom. The molecule has 154 valence electrons. The van der Waals surface area contributed by atoms with E-state index >= 15 is 0 Å². The molecule has 1 aliphatic carbocycles. The summed E-state index contributed by atoms with van der Waals surface area (Å²) in [7, 11) is 0. The summed E-state index contributed by atoms with van der Waals surface area (Å²) in [6.07, 6.45) is 3.04. The summed E-state index contributed by atoms with van der Waals surface area (Å²) in [6.45, 7) is 0.835. The number of carboxylic acids is 2. The normalized spacial score (nSPS) is 13.6. The molecule has 0 amide bonds. The van der Waals surface area contributed by atoms with Gasteiger partial charge < -0.3 is 20.3 Å². The highest BCUT2D eigenvalue weighted by molar-refractivity contribution is 7.07. The second-order valence-corrected chi connectivity index (χ2v) is 7.35. The van der Waals surface area contributed by atoms with Crippen molar-refractivity contribution in [3.8, 4) is 11.8 Å². The van der Waals surface area contributed by atoms with Crippen molar-refractivity contribution in [1.29, 1.82) is 5.26 Å². The Bertz CT molecular complexity index is 885. The molecule has 2 aromatic rings. The van der Waals surface area contributed by atoms with E-state index in [1.54, 1.807) is 11.3 Å². The molecule has 1 aromatic heterocycles. The van der Waals surface area contributed by atoms with Gasteiger partial charge in [0.2, 0.25) is 0 Å². The number of nitrogens with one attached hydrogen (secondary N) is 1. The summed E-state index contributed by atoms with van der Waals surface area (Å²) >= 11 is 7.43. The summed E-state index contributed by atoms with van der Waals surface area (Å²) in [5, 5.41) is 31.4. The summed E-state index contributed by atoms with van der Waals surface area (Å²) in [5.74, 6) is -3.94. The number of thiophene rings is 1. The topological polar surface area (TPSA) is 120 Å². The Morgan fingerprint density at radius 2 is 2.07 bits per heavy atom. The first-order valence-corrected chi connectivity index (χ1v) is 9.91. The van der Waals surface area contributed by atoms with Gasteiger partial charge in [-0.2, -0.15) is 16.6 Å². The van der Waals surface area contributed by atoms with Gasteiger partial charge in [-0.05, 0) is 42.3 Å². The van der Waals surface area contributed by atoms with E-state index in [0.29, 0.717) is 11.8 Å². The molecule has 1 aromatic carbocycles. The minimum Gasteiger partial charge on any atom is -0.484 e. The van der Waals surface area contributed by atoms with Crippen molar-refractivity contribution in [1.82, 2.24) is 5.32 Å². The number of aliphatic carboxylic acids is 2. The molecule has 0 bridgehead atoms. The second-order valence-electron chi connectivity index (χ2n) is 6.16. The quantitative estimate of drug-likeness (QED) is 0.559. The highest BCUT2D eigenvalue weighted by atomic mass is 35.5. The van der Waals surface area contributed by atoms with Crippen LogP contribution in [-0.2, 0) is 9.59 Å². The number of ether oxygens (including phenoxy) is 1. The zero-order valence-corrected chi connectivity index (χ0v) is 16.7. The molecule has 29 heavy (non-hydrogen) atoms. The molecule has 0 unspecified atom stereocenters. The van der Waals surface area contributed by atoms with Crippen LogP contribution in [0.1, 0.15) is 36.5 Å². The van der Waals surface area contributed by atoms with Gasteiger partial charge in [-0.25, -0.2) is 14.0 Å². The van der Waals surface area contributed by atoms with E-state index in [0.717, 1.165) is 24.6 Å². The third-order valence-corrected chi connectivity index (χ3v) is 4.92. The molecule has 3 N–H and O–H groups in total. The van der Waals surface area contributed by atoms with Crippen LogP contribution >= 0.6 is 22.9 Å². The minimum absolute atomic E-state index is 0.0424. The van der Waals surface area contributed by atoms with Gasteiger partial charge in [-0.15, -0.1) is 0 Å². The summed E-state index contributed by atoms with van der Waals surface area (Å²) in [6, 6.07) is 7.09.